The lowest BCUT2D eigenvalue weighted by Gasteiger charge is -2.12. The second kappa shape index (κ2) is 9.03. The molecule has 1 heterocycles. The normalized spacial score (nSPS) is 15.9. The number of amides is 1. The largest absolute Gasteiger partial charge is 0.448 e. The quantitative estimate of drug-likeness (QED) is 0.639. The van der Waals surface area contributed by atoms with E-state index < -0.39 is 12.1 Å². The summed E-state index contributed by atoms with van der Waals surface area (Å²) >= 11 is 1.51. The molecule has 0 spiro atoms. The number of carbonyl (C=O) groups excluding carboxylic acids is 2. The maximum Gasteiger partial charge on any atom is 0.349 e. The van der Waals surface area contributed by atoms with Gasteiger partial charge in [0, 0.05) is 18.5 Å². The molecule has 0 saturated carbocycles. The first-order chi connectivity index (χ1) is 11.1. The van der Waals surface area contributed by atoms with Gasteiger partial charge in [-0.1, -0.05) is 12.8 Å². The highest BCUT2D eigenvalue weighted by molar-refractivity contribution is 7.14. The molecule has 0 unspecified atom stereocenters. The molecule has 0 aliphatic heterocycles. The van der Waals surface area contributed by atoms with Crippen LogP contribution in [0.15, 0.2) is 6.07 Å². The number of aryl methyl sites for hydroxylation is 2. The Morgan fingerprint density at radius 1 is 1.26 bits per heavy atom. The van der Waals surface area contributed by atoms with Crippen molar-refractivity contribution in [1.29, 1.82) is 0 Å². The van der Waals surface area contributed by atoms with Crippen molar-refractivity contribution in [2.24, 2.45) is 0 Å². The van der Waals surface area contributed by atoms with Gasteiger partial charge >= 0.3 is 5.97 Å². The molecule has 5 nitrogen and oxygen atoms in total. The first kappa shape index (κ1) is 17.9. The Morgan fingerprint density at radius 2 is 2.00 bits per heavy atom. The fourth-order valence-corrected chi connectivity index (χ4v) is 3.77. The van der Waals surface area contributed by atoms with Gasteiger partial charge in [-0.3, -0.25) is 4.79 Å². The molecule has 0 radical (unpaired) electrons. The van der Waals surface area contributed by atoms with Crippen molar-refractivity contribution in [3.8, 4) is 0 Å². The number of methoxy groups -OCH3 is 1. The lowest BCUT2D eigenvalue weighted by atomic mass is 10.00. The Balaban J connectivity index is 1.92. The minimum Gasteiger partial charge on any atom is -0.448 e. The zero-order chi connectivity index (χ0) is 16.7. The third-order valence-corrected chi connectivity index (χ3v) is 5.17. The van der Waals surface area contributed by atoms with Crippen LogP contribution in [0.3, 0.4) is 0 Å². The van der Waals surface area contributed by atoms with Gasteiger partial charge in [-0.15, -0.1) is 11.3 Å². The zero-order valence-electron chi connectivity index (χ0n) is 13.9. The summed E-state index contributed by atoms with van der Waals surface area (Å²) in [5.41, 5.74) is 1.28. The number of rotatable bonds is 6. The summed E-state index contributed by atoms with van der Waals surface area (Å²) in [4.78, 5) is 26.0. The summed E-state index contributed by atoms with van der Waals surface area (Å²) in [6.07, 6.45) is 6.15. The number of ether oxygens (including phenoxy) is 2. The Bertz CT molecular complexity index is 515. The molecule has 1 aliphatic rings. The van der Waals surface area contributed by atoms with Crippen LogP contribution in [0.1, 0.15) is 52.7 Å². The summed E-state index contributed by atoms with van der Waals surface area (Å²) in [5.74, 6) is -0.707. The van der Waals surface area contributed by atoms with Crippen molar-refractivity contribution < 1.29 is 19.1 Å². The fourth-order valence-electron chi connectivity index (χ4n) is 2.64. The third-order valence-electron chi connectivity index (χ3n) is 3.96. The topological polar surface area (TPSA) is 64.6 Å². The standard InChI is InChI=1S/C17H25NO4S/c1-12(16(19)18-9-10-21-2)22-17(20)15-11-13-7-5-3-4-6-8-14(13)23-15/h11-12H,3-10H2,1-2H3,(H,18,19)/t12-/m0/s1. The molecule has 0 bridgehead atoms. The summed E-state index contributed by atoms with van der Waals surface area (Å²) in [7, 11) is 1.57. The highest BCUT2D eigenvalue weighted by Gasteiger charge is 2.21. The molecule has 1 N–H and O–H groups in total. The van der Waals surface area contributed by atoms with Gasteiger partial charge in [-0.2, -0.15) is 0 Å². The van der Waals surface area contributed by atoms with E-state index in [4.69, 9.17) is 9.47 Å². The van der Waals surface area contributed by atoms with Gasteiger partial charge in [-0.05, 0) is 44.2 Å². The van der Waals surface area contributed by atoms with Crippen LogP contribution in [-0.4, -0.2) is 38.2 Å². The fraction of sp³-hybridized carbons (Fsp3) is 0.647. The minimum absolute atomic E-state index is 0.301. The van der Waals surface area contributed by atoms with Crippen molar-refractivity contribution in [2.75, 3.05) is 20.3 Å². The molecule has 2 rings (SSSR count). The van der Waals surface area contributed by atoms with Crippen molar-refractivity contribution in [3.05, 3.63) is 21.4 Å². The van der Waals surface area contributed by atoms with Crippen molar-refractivity contribution >= 4 is 23.2 Å². The van der Waals surface area contributed by atoms with E-state index in [0.29, 0.717) is 18.0 Å². The molecular weight excluding hydrogens is 314 g/mol. The summed E-state index contributed by atoms with van der Waals surface area (Å²) < 4.78 is 10.2. The van der Waals surface area contributed by atoms with E-state index in [1.807, 2.05) is 6.07 Å². The van der Waals surface area contributed by atoms with E-state index >= 15 is 0 Å². The zero-order valence-corrected chi connectivity index (χ0v) is 14.7. The molecule has 0 fully saturated rings. The molecule has 1 aliphatic carbocycles. The second-order valence-electron chi connectivity index (χ2n) is 5.80. The van der Waals surface area contributed by atoms with Crippen LogP contribution in [0.2, 0.25) is 0 Å². The van der Waals surface area contributed by atoms with E-state index in [1.54, 1.807) is 14.0 Å². The maximum atomic E-state index is 12.3. The van der Waals surface area contributed by atoms with Gasteiger partial charge in [0.05, 0.1) is 6.61 Å². The van der Waals surface area contributed by atoms with Crippen LogP contribution in [-0.2, 0) is 27.1 Å². The average Bonchev–Trinajstić information content (AvgIpc) is 2.89. The van der Waals surface area contributed by atoms with Gasteiger partial charge in [0.15, 0.2) is 6.10 Å². The smallest absolute Gasteiger partial charge is 0.349 e. The lowest BCUT2D eigenvalue weighted by Crippen LogP contribution is -2.37. The van der Waals surface area contributed by atoms with Crippen molar-refractivity contribution in [2.45, 2.75) is 51.6 Å². The van der Waals surface area contributed by atoms with E-state index in [9.17, 15) is 9.59 Å². The van der Waals surface area contributed by atoms with Crippen molar-refractivity contribution in [3.63, 3.8) is 0 Å². The van der Waals surface area contributed by atoms with Gasteiger partial charge in [0.2, 0.25) is 0 Å². The minimum atomic E-state index is -0.802. The first-order valence-electron chi connectivity index (χ1n) is 8.21. The Hall–Kier alpha value is -1.40. The molecule has 0 saturated heterocycles. The van der Waals surface area contributed by atoms with Gasteiger partial charge < -0.3 is 14.8 Å². The van der Waals surface area contributed by atoms with E-state index in [-0.39, 0.29) is 5.91 Å². The Morgan fingerprint density at radius 3 is 2.74 bits per heavy atom. The number of carbonyl (C=O) groups is 2. The van der Waals surface area contributed by atoms with Crippen LogP contribution >= 0.6 is 11.3 Å². The molecule has 1 aromatic rings. The number of hydrogen-bond acceptors (Lipinski definition) is 5. The Labute approximate surface area is 141 Å². The molecule has 23 heavy (non-hydrogen) atoms. The maximum absolute atomic E-state index is 12.3. The monoisotopic (exact) mass is 339 g/mol. The third kappa shape index (κ3) is 5.32. The number of thiophene rings is 1. The highest BCUT2D eigenvalue weighted by atomic mass is 32.1. The molecule has 1 atom stereocenters. The van der Waals surface area contributed by atoms with Crippen LogP contribution < -0.4 is 5.32 Å². The number of esters is 1. The SMILES string of the molecule is COCCNC(=O)[C@H](C)OC(=O)c1cc2c(s1)CCCCCC2. The number of fused-ring (bicyclic) bond motifs is 1. The van der Waals surface area contributed by atoms with Gasteiger partial charge in [0.25, 0.3) is 5.91 Å². The lowest BCUT2D eigenvalue weighted by molar-refractivity contribution is -0.129. The Kier molecular flexibility index (Phi) is 7.05. The van der Waals surface area contributed by atoms with Crippen LogP contribution in [0.4, 0.5) is 0 Å². The first-order valence-corrected chi connectivity index (χ1v) is 9.02. The molecule has 1 amide bonds. The predicted octanol–water partition coefficient (Wildman–Crippen LogP) is 2.72. The predicted molar refractivity (Wildman–Crippen MR) is 90.0 cm³/mol. The number of nitrogens with one attached hydrogen (secondary N) is 1. The van der Waals surface area contributed by atoms with Gasteiger partial charge in [0.1, 0.15) is 4.88 Å². The van der Waals surface area contributed by atoms with Crippen LogP contribution in [0.25, 0.3) is 0 Å². The van der Waals surface area contributed by atoms with E-state index in [2.05, 4.69) is 5.32 Å². The average molecular weight is 339 g/mol. The summed E-state index contributed by atoms with van der Waals surface area (Å²) in [6, 6.07) is 1.95. The molecule has 0 aromatic carbocycles. The second-order valence-corrected chi connectivity index (χ2v) is 6.94. The van der Waals surface area contributed by atoms with Crippen LogP contribution in [0.5, 0.6) is 0 Å². The summed E-state index contributed by atoms with van der Waals surface area (Å²) in [5, 5.41) is 2.67. The molecule has 6 heteroatoms. The van der Waals surface area contributed by atoms with Crippen LogP contribution in [0, 0.1) is 0 Å². The highest BCUT2D eigenvalue weighted by Crippen LogP contribution is 2.29. The van der Waals surface area contributed by atoms with Crippen molar-refractivity contribution in [1.82, 2.24) is 5.32 Å². The molecule has 1 aromatic heterocycles. The van der Waals surface area contributed by atoms with E-state index in [0.717, 1.165) is 12.8 Å². The summed E-state index contributed by atoms with van der Waals surface area (Å²) in [6.45, 7) is 2.43. The van der Waals surface area contributed by atoms with Gasteiger partial charge in [-0.25, -0.2) is 4.79 Å². The number of hydrogen-bond donors (Lipinski definition) is 1. The van der Waals surface area contributed by atoms with E-state index in [1.165, 1.54) is 47.5 Å². The molecule has 128 valence electrons. The molecular formula is C17H25NO4S.